The average molecular weight is 337 g/mol. The fourth-order valence-corrected chi connectivity index (χ4v) is 2.91. The second-order valence-corrected chi connectivity index (χ2v) is 6.30. The maximum absolute atomic E-state index is 11.9. The number of halogens is 1. The van der Waals surface area contributed by atoms with Crippen LogP contribution in [0.4, 0.5) is 11.4 Å². The molecule has 4 nitrogen and oxygen atoms in total. The molecule has 0 spiro atoms. The van der Waals surface area contributed by atoms with E-state index < -0.39 is 0 Å². The van der Waals surface area contributed by atoms with Crippen molar-refractivity contribution in [3.63, 3.8) is 0 Å². The van der Waals surface area contributed by atoms with E-state index in [1.807, 2.05) is 11.4 Å². The second-order valence-electron chi connectivity index (χ2n) is 4.86. The average Bonchev–Trinajstić information content (AvgIpc) is 2.95. The molecule has 0 saturated heterocycles. The van der Waals surface area contributed by atoms with Crippen LogP contribution in [0.3, 0.4) is 0 Å². The number of aryl methyl sites for hydroxylation is 1. The lowest BCUT2D eigenvalue weighted by Crippen LogP contribution is -2.12. The van der Waals surface area contributed by atoms with Gasteiger partial charge in [-0.25, -0.2) is 0 Å². The lowest BCUT2D eigenvalue weighted by molar-refractivity contribution is -0.116. The van der Waals surface area contributed by atoms with Gasteiger partial charge in [-0.1, -0.05) is 17.7 Å². The Bertz CT molecular complexity index is 656. The van der Waals surface area contributed by atoms with Crippen molar-refractivity contribution in [1.29, 1.82) is 0 Å². The molecule has 116 valence electrons. The van der Waals surface area contributed by atoms with E-state index in [1.54, 1.807) is 29.5 Å². The molecule has 1 heterocycles. The van der Waals surface area contributed by atoms with E-state index >= 15 is 0 Å². The molecule has 0 unspecified atom stereocenters. The van der Waals surface area contributed by atoms with Gasteiger partial charge in [0.25, 0.3) is 0 Å². The van der Waals surface area contributed by atoms with Crippen molar-refractivity contribution in [2.24, 2.45) is 0 Å². The Labute approximate surface area is 138 Å². The fourth-order valence-electron chi connectivity index (χ4n) is 1.99. The molecule has 0 fully saturated rings. The van der Waals surface area contributed by atoms with E-state index in [1.165, 1.54) is 11.8 Å². The lowest BCUT2D eigenvalue weighted by Gasteiger charge is -2.09. The van der Waals surface area contributed by atoms with Gasteiger partial charge in [0, 0.05) is 23.9 Å². The number of carbonyl (C=O) groups is 2. The molecule has 0 saturated carbocycles. The zero-order chi connectivity index (χ0) is 15.9. The smallest absolute Gasteiger partial charge is 0.224 e. The van der Waals surface area contributed by atoms with E-state index in [0.29, 0.717) is 22.8 Å². The van der Waals surface area contributed by atoms with Gasteiger partial charge in [-0.05, 0) is 42.5 Å². The van der Waals surface area contributed by atoms with Crippen LogP contribution in [-0.2, 0) is 16.0 Å². The van der Waals surface area contributed by atoms with Crippen LogP contribution >= 0.6 is 22.9 Å². The van der Waals surface area contributed by atoms with Gasteiger partial charge >= 0.3 is 0 Å². The van der Waals surface area contributed by atoms with Crippen LogP contribution in [0.5, 0.6) is 0 Å². The molecule has 2 N–H and O–H groups in total. The third-order valence-corrected chi connectivity index (χ3v) is 4.23. The molecule has 0 radical (unpaired) electrons. The number of nitrogens with one attached hydrogen (secondary N) is 2. The molecule has 0 atom stereocenters. The Morgan fingerprint density at radius 1 is 1.23 bits per heavy atom. The molecule has 0 aliphatic carbocycles. The Morgan fingerprint density at radius 2 is 2.05 bits per heavy atom. The molecule has 2 amide bonds. The number of hydrogen-bond acceptors (Lipinski definition) is 3. The Morgan fingerprint density at radius 3 is 2.73 bits per heavy atom. The highest BCUT2D eigenvalue weighted by atomic mass is 35.5. The van der Waals surface area contributed by atoms with Crippen molar-refractivity contribution >= 4 is 46.1 Å². The molecule has 6 heteroatoms. The molecule has 1 aromatic carbocycles. The predicted octanol–water partition coefficient (Wildman–Crippen LogP) is 4.32. The molecule has 22 heavy (non-hydrogen) atoms. The predicted molar refractivity (Wildman–Crippen MR) is 91.6 cm³/mol. The first-order valence-electron chi connectivity index (χ1n) is 6.94. The number of thiophene rings is 1. The lowest BCUT2D eigenvalue weighted by atomic mass is 10.2. The second kappa shape index (κ2) is 7.96. The summed E-state index contributed by atoms with van der Waals surface area (Å²) < 4.78 is 0. The van der Waals surface area contributed by atoms with Gasteiger partial charge in [-0.3, -0.25) is 9.59 Å². The van der Waals surface area contributed by atoms with Crippen molar-refractivity contribution in [2.75, 3.05) is 10.6 Å². The number of anilines is 2. The molecule has 0 aliphatic rings. The molecular weight excluding hydrogens is 320 g/mol. The number of carbonyl (C=O) groups excluding carboxylic acids is 2. The summed E-state index contributed by atoms with van der Waals surface area (Å²) >= 11 is 7.69. The standard InChI is InChI=1S/C16H17ClN2O2S/c1-11(20)18-15-10-12(7-8-14(15)17)19-16(21)6-2-4-13-5-3-9-22-13/h3,5,7-10H,2,4,6H2,1H3,(H,18,20)(H,19,21). The summed E-state index contributed by atoms with van der Waals surface area (Å²) in [6.07, 6.45) is 2.16. The molecule has 0 aliphatic heterocycles. The summed E-state index contributed by atoms with van der Waals surface area (Å²) in [6.45, 7) is 1.41. The highest BCUT2D eigenvalue weighted by Crippen LogP contribution is 2.25. The largest absolute Gasteiger partial charge is 0.326 e. The highest BCUT2D eigenvalue weighted by Gasteiger charge is 2.07. The number of amides is 2. The molecule has 2 aromatic rings. The summed E-state index contributed by atoms with van der Waals surface area (Å²) in [5, 5.41) is 7.92. The van der Waals surface area contributed by atoms with Gasteiger partial charge in [0.2, 0.25) is 11.8 Å². The van der Waals surface area contributed by atoms with E-state index in [2.05, 4.69) is 16.7 Å². The van der Waals surface area contributed by atoms with Crippen LogP contribution in [-0.4, -0.2) is 11.8 Å². The molecular formula is C16H17ClN2O2S. The van der Waals surface area contributed by atoms with Gasteiger partial charge in [-0.2, -0.15) is 0 Å². The minimum Gasteiger partial charge on any atom is -0.326 e. The van der Waals surface area contributed by atoms with Crippen LogP contribution in [0, 0.1) is 0 Å². The van der Waals surface area contributed by atoms with Crippen molar-refractivity contribution in [2.45, 2.75) is 26.2 Å². The van der Waals surface area contributed by atoms with Crippen LogP contribution in [0.15, 0.2) is 35.7 Å². The SMILES string of the molecule is CC(=O)Nc1cc(NC(=O)CCCc2cccs2)ccc1Cl. The first-order valence-corrected chi connectivity index (χ1v) is 8.20. The minimum absolute atomic E-state index is 0.0485. The highest BCUT2D eigenvalue weighted by molar-refractivity contribution is 7.09. The van der Waals surface area contributed by atoms with Gasteiger partial charge in [-0.15, -0.1) is 11.3 Å². The van der Waals surface area contributed by atoms with E-state index in [9.17, 15) is 9.59 Å². The number of benzene rings is 1. The summed E-state index contributed by atoms with van der Waals surface area (Å²) in [5.74, 6) is -0.256. The topological polar surface area (TPSA) is 58.2 Å². The third-order valence-electron chi connectivity index (χ3n) is 2.97. The van der Waals surface area contributed by atoms with Crippen molar-refractivity contribution in [1.82, 2.24) is 0 Å². The summed E-state index contributed by atoms with van der Waals surface area (Å²) in [7, 11) is 0. The van der Waals surface area contributed by atoms with Crippen molar-refractivity contribution in [3.8, 4) is 0 Å². The normalized spacial score (nSPS) is 10.3. The Kier molecular flexibility index (Phi) is 5.98. The van der Waals surface area contributed by atoms with Crippen molar-refractivity contribution < 1.29 is 9.59 Å². The monoisotopic (exact) mass is 336 g/mol. The number of rotatable bonds is 6. The Balaban J connectivity index is 1.86. The molecule has 0 bridgehead atoms. The summed E-state index contributed by atoms with van der Waals surface area (Å²) in [4.78, 5) is 24.3. The van der Waals surface area contributed by atoms with E-state index in [4.69, 9.17) is 11.6 Å². The summed E-state index contributed by atoms with van der Waals surface area (Å²) in [6, 6.07) is 9.10. The van der Waals surface area contributed by atoms with E-state index in [-0.39, 0.29) is 11.8 Å². The van der Waals surface area contributed by atoms with Gasteiger partial charge in [0.15, 0.2) is 0 Å². The summed E-state index contributed by atoms with van der Waals surface area (Å²) in [5.41, 5.74) is 1.11. The van der Waals surface area contributed by atoms with Crippen LogP contribution in [0.25, 0.3) is 0 Å². The zero-order valence-corrected chi connectivity index (χ0v) is 13.8. The third kappa shape index (κ3) is 5.16. The first-order chi connectivity index (χ1) is 10.5. The van der Waals surface area contributed by atoms with Crippen LogP contribution < -0.4 is 10.6 Å². The zero-order valence-electron chi connectivity index (χ0n) is 12.2. The van der Waals surface area contributed by atoms with E-state index in [0.717, 1.165) is 12.8 Å². The van der Waals surface area contributed by atoms with Gasteiger partial charge in [0.05, 0.1) is 10.7 Å². The van der Waals surface area contributed by atoms with Crippen LogP contribution in [0.1, 0.15) is 24.6 Å². The first kappa shape index (κ1) is 16.5. The van der Waals surface area contributed by atoms with Gasteiger partial charge < -0.3 is 10.6 Å². The minimum atomic E-state index is -0.207. The molecule has 1 aromatic heterocycles. The van der Waals surface area contributed by atoms with Crippen molar-refractivity contribution in [3.05, 3.63) is 45.6 Å². The maximum Gasteiger partial charge on any atom is 0.224 e. The van der Waals surface area contributed by atoms with Crippen LogP contribution in [0.2, 0.25) is 5.02 Å². The number of hydrogen-bond donors (Lipinski definition) is 2. The Hall–Kier alpha value is -1.85. The quantitative estimate of drug-likeness (QED) is 0.825. The molecule has 2 rings (SSSR count). The fraction of sp³-hybridized carbons (Fsp3) is 0.250. The van der Waals surface area contributed by atoms with Gasteiger partial charge in [0.1, 0.15) is 0 Å². The maximum atomic E-state index is 11.9.